The number of hydrogen-bond acceptors (Lipinski definition) is 4. The van der Waals surface area contributed by atoms with Crippen LogP contribution in [-0.4, -0.2) is 59.6 Å². The number of ether oxygens (including phenoxy) is 1. The van der Waals surface area contributed by atoms with Crippen LogP contribution < -0.4 is 5.32 Å². The van der Waals surface area contributed by atoms with E-state index in [1.807, 2.05) is 26.0 Å². The van der Waals surface area contributed by atoms with Crippen molar-refractivity contribution in [3.8, 4) is 0 Å². The van der Waals surface area contributed by atoms with E-state index in [0.717, 1.165) is 50.9 Å². The van der Waals surface area contributed by atoms with Crippen LogP contribution in [0.25, 0.3) is 0 Å². The van der Waals surface area contributed by atoms with Gasteiger partial charge < -0.3 is 24.3 Å². The molecule has 0 spiro atoms. The number of nitrogens with zero attached hydrogens (tertiary/aromatic N) is 2. The number of nitrogens with one attached hydrogen (secondary N) is 1. The van der Waals surface area contributed by atoms with Crippen molar-refractivity contribution in [2.24, 2.45) is 0 Å². The number of carbonyl (C=O) groups excluding carboxylic acids is 2. The summed E-state index contributed by atoms with van der Waals surface area (Å²) in [5.74, 6) is 0.656. The third kappa shape index (κ3) is 6.49. The van der Waals surface area contributed by atoms with Gasteiger partial charge in [0.15, 0.2) is 0 Å². The average Bonchev–Trinajstić information content (AvgIpc) is 3.40. The van der Waals surface area contributed by atoms with Crippen LogP contribution in [0.5, 0.6) is 0 Å². The van der Waals surface area contributed by atoms with Gasteiger partial charge in [0.1, 0.15) is 12.3 Å². The molecule has 1 aliphatic carbocycles. The van der Waals surface area contributed by atoms with Crippen LogP contribution in [0.1, 0.15) is 64.6 Å². The van der Waals surface area contributed by atoms with Crippen LogP contribution >= 0.6 is 0 Å². The zero-order valence-corrected chi connectivity index (χ0v) is 17.8. The smallest absolute Gasteiger partial charge is 0.318 e. The maximum Gasteiger partial charge on any atom is 0.318 e. The molecule has 1 aromatic heterocycles. The fourth-order valence-electron chi connectivity index (χ4n) is 4.12. The second-order valence-corrected chi connectivity index (χ2v) is 8.49. The average molecular weight is 406 g/mol. The standard InChI is InChI=1S/C22H35N3O4/c1-17(2)25(22(27)23-18-8-4-3-5-9-18)16-21(26)24(14-19-10-6-12-28-19)15-20-11-7-13-29-20/h6,10,12,17-18,20H,3-5,7-9,11,13-16H2,1-2H3,(H,23,27)/t20-/m1/s1. The Kier molecular flexibility index (Phi) is 7.98. The van der Waals surface area contributed by atoms with Gasteiger partial charge in [-0.2, -0.15) is 0 Å². The molecule has 1 aromatic rings. The van der Waals surface area contributed by atoms with Gasteiger partial charge >= 0.3 is 6.03 Å². The lowest BCUT2D eigenvalue weighted by Gasteiger charge is -2.32. The van der Waals surface area contributed by atoms with Crippen molar-refractivity contribution in [3.63, 3.8) is 0 Å². The number of rotatable bonds is 8. The third-order valence-corrected chi connectivity index (χ3v) is 5.85. The minimum Gasteiger partial charge on any atom is -0.467 e. The maximum atomic E-state index is 13.2. The normalized spacial score (nSPS) is 20.0. The Morgan fingerprint density at radius 3 is 2.59 bits per heavy atom. The minimum atomic E-state index is -0.143. The molecule has 1 N–H and O–H groups in total. The highest BCUT2D eigenvalue weighted by Gasteiger charge is 2.28. The van der Waals surface area contributed by atoms with Gasteiger partial charge in [0, 0.05) is 25.2 Å². The van der Waals surface area contributed by atoms with Gasteiger partial charge in [0.05, 0.1) is 18.9 Å². The molecular weight excluding hydrogens is 370 g/mol. The van der Waals surface area contributed by atoms with E-state index in [1.165, 1.54) is 6.42 Å². The molecule has 1 aliphatic heterocycles. The molecule has 2 heterocycles. The van der Waals surface area contributed by atoms with E-state index in [2.05, 4.69) is 5.32 Å². The first kappa shape index (κ1) is 21.7. The van der Waals surface area contributed by atoms with Gasteiger partial charge in [-0.3, -0.25) is 4.79 Å². The molecule has 0 bridgehead atoms. The second-order valence-electron chi connectivity index (χ2n) is 8.49. The summed E-state index contributed by atoms with van der Waals surface area (Å²) < 4.78 is 11.2. The maximum absolute atomic E-state index is 13.2. The number of amides is 3. The lowest BCUT2D eigenvalue weighted by atomic mass is 9.96. The van der Waals surface area contributed by atoms with Crippen molar-refractivity contribution >= 4 is 11.9 Å². The molecule has 1 atom stereocenters. The Bertz CT molecular complexity index is 634. The molecule has 3 rings (SSSR count). The van der Waals surface area contributed by atoms with Gasteiger partial charge in [-0.25, -0.2) is 4.79 Å². The number of carbonyl (C=O) groups is 2. The molecule has 7 nitrogen and oxygen atoms in total. The zero-order chi connectivity index (χ0) is 20.6. The van der Waals surface area contributed by atoms with E-state index in [0.29, 0.717) is 13.1 Å². The summed E-state index contributed by atoms with van der Waals surface area (Å²) >= 11 is 0. The summed E-state index contributed by atoms with van der Waals surface area (Å²) in [5, 5.41) is 3.14. The van der Waals surface area contributed by atoms with Crippen molar-refractivity contribution in [1.29, 1.82) is 0 Å². The first-order chi connectivity index (χ1) is 14.0. The predicted octanol–water partition coefficient (Wildman–Crippen LogP) is 3.54. The molecule has 7 heteroatoms. The summed E-state index contributed by atoms with van der Waals surface area (Å²) in [5.41, 5.74) is 0. The molecule has 0 aromatic carbocycles. The van der Waals surface area contributed by atoms with Crippen LogP contribution in [0.15, 0.2) is 22.8 Å². The van der Waals surface area contributed by atoms with E-state index in [-0.39, 0.29) is 36.7 Å². The summed E-state index contributed by atoms with van der Waals surface area (Å²) in [4.78, 5) is 29.5. The number of hydrogen-bond donors (Lipinski definition) is 1. The lowest BCUT2D eigenvalue weighted by molar-refractivity contribution is -0.134. The Hall–Kier alpha value is -2.02. The van der Waals surface area contributed by atoms with E-state index < -0.39 is 0 Å². The Morgan fingerprint density at radius 2 is 1.97 bits per heavy atom. The molecule has 3 amide bonds. The van der Waals surface area contributed by atoms with Crippen molar-refractivity contribution < 1.29 is 18.7 Å². The van der Waals surface area contributed by atoms with Crippen LogP contribution in [0, 0.1) is 0 Å². The Labute approximate surface area is 173 Å². The lowest BCUT2D eigenvalue weighted by Crippen LogP contribution is -2.52. The van der Waals surface area contributed by atoms with Crippen LogP contribution in [0.3, 0.4) is 0 Å². The molecule has 1 saturated carbocycles. The SMILES string of the molecule is CC(C)N(CC(=O)N(Cc1ccco1)C[C@H]1CCCO1)C(=O)NC1CCCCC1. The Balaban J connectivity index is 1.62. The monoisotopic (exact) mass is 405 g/mol. The second kappa shape index (κ2) is 10.7. The van der Waals surface area contributed by atoms with Crippen molar-refractivity contribution in [2.45, 2.75) is 83.5 Å². The Morgan fingerprint density at radius 1 is 1.17 bits per heavy atom. The van der Waals surface area contributed by atoms with Crippen molar-refractivity contribution in [1.82, 2.24) is 15.1 Å². The first-order valence-corrected chi connectivity index (χ1v) is 11.0. The molecule has 162 valence electrons. The van der Waals surface area contributed by atoms with E-state index in [9.17, 15) is 9.59 Å². The van der Waals surface area contributed by atoms with Gasteiger partial charge in [-0.1, -0.05) is 19.3 Å². The van der Waals surface area contributed by atoms with E-state index >= 15 is 0 Å². The van der Waals surface area contributed by atoms with Gasteiger partial charge in [-0.15, -0.1) is 0 Å². The fourth-order valence-corrected chi connectivity index (χ4v) is 4.12. The van der Waals surface area contributed by atoms with E-state index in [4.69, 9.17) is 9.15 Å². The van der Waals surface area contributed by atoms with Gasteiger partial charge in [0.2, 0.25) is 5.91 Å². The molecule has 2 aliphatic rings. The molecule has 0 unspecified atom stereocenters. The van der Waals surface area contributed by atoms with Gasteiger partial charge in [-0.05, 0) is 51.7 Å². The molecular formula is C22H35N3O4. The zero-order valence-electron chi connectivity index (χ0n) is 17.8. The molecule has 0 radical (unpaired) electrons. The quantitative estimate of drug-likeness (QED) is 0.718. The minimum absolute atomic E-state index is 0.0532. The third-order valence-electron chi connectivity index (χ3n) is 5.85. The topological polar surface area (TPSA) is 75.0 Å². The van der Waals surface area contributed by atoms with Crippen LogP contribution in [-0.2, 0) is 16.1 Å². The highest BCUT2D eigenvalue weighted by Crippen LogP contribution is 2.19. The van der Waals surface area contributed by atoms with Crippen LogP contribution in [0.2, 0.25) is 0 Å². The highest BCUT2D eigenvalue weighted by atomic mass is 16.5. The van der Waals surface area contributed by atoms with Gasteiger partial charge in [0.25, 0.3) is 0 Å². The van der Waals surface area contributed by atoms with Crippen LogP contribution in [0.4, 0.5) is 4.79 Å². The summed E-state index contributed by atoms with van der Waals surface area (Å²) in [6.07, 6.45) is 9.25. The molecule has 29 heavy (non-hydrogen) atoms. The molecule has 1 saturated heterocycles. The van der Waals surface area contributed by atoms with E-state index in [1.54, 1.807) is 16.1 Å². The fraction of sp³-hybridized carbons (Fsp3) is 0.727. The summed E-state index contributed by atoms with van der Waals surface area (Å²) in [7, 11) is 0. The highest BCUT2D eigenvalue weighted by molar-refractivity contribution is 5.84. The number of urea groups is 1. The first-order valence-electron chi connectivity index (χ1n) is 11.0. The predicted molar refractivity (Wildman–Crippen MR) is 110 cm³/mol. The largest absolute Gasteiger partial charge is 0.467 e. The number of furan rings is 1. The van der Waals surface area contributed by atoms with Crippen molar-refractivity contribution in [2.75, 3.05) is 19.7 Å². The van der Waals surface area contributed by atoms with Crippen molar-refractivity contribution in [3.05, 3.63) is 24.2 Å². The summed E-state index contributed by atoms with van der Waals surface area (Å²) in [6, 6.07) is 3.71. The summed E-state index contributed by atoms with van der Waals surface area (Å²) in [6.45, 7) is 5.62. The molecule has 2 fully saturated rings.